The molecule has 0 unspecified atom stereocenters. The van der Waals surface area contributed by atoms with Crippen LogP contribution < -0.4 is 10.1 Å². The van der Waals surface area contributed by atoms with Crippen molar-refractivity contribution in [1.29, 1.82) is 0 Å². The lowest BCUT2D eigenvalue weighted by Gasteiger charge is -2.12. The number of nitrogens with zero attached hydrogens (tertiary/aromatic N) is 2. The molecule has 0 saturated heterocycles. The highest BCUT2D eigenvalue weighted by molar-refractivity contribution is 5.81. The van der Waals surface area contributed by atoms with Gasteiger partial charge in [0.25, 0.3) is 0 Å². The van der Waals surface area contributed by atoms with E-state index < -0.39 is 11.6 Å². The van der Waals surface area contributed by atoms with Crippen LogP contribution in [0.3, 0.4) is 0 Å². The number of fused-ring (bicyclic) bond motifs is 1. The number of nitrogens with one attached hydrogen (secondary N) is 1. The second-order valence-corrected chi connectivity index (χ2v) is 6.27. The van der Waals surface area contributed by atoms with Crippen LogP contribution in [-0.4, -0.2) is 16.5 Å². The van der Waals surface area contributed by atoms with Crippen LogP contribution in [0.2, 0.25) is 0 Å². The van der Waals surface area contributed by atoms with Gasteiger partial charge in [0.05, 0.1) is 12.7 Å². The van der Waals surface area contributed by atoms with E-state index in [9.17, 15) is 13.2 Å². The Bertz CT molecular complexity index is 1150. The highest BCUT2D eigenvalue weighted by atomic mass is 19.1. The van der Waals surface area contributed by atoms with Gasteiger partial charge in [0, 0.05) is 23.5 Å². The van der Waals surface area contributed by atoms with Crippen LogP contribution in [0.4, 0.5) is 24.7 Å². The molecule has 4 rings (SSSR count). The molecular weight excluding hydrogens is 367 g/mol. The van der Waals surface area contributed by atoms with Crippen LogP contribution in [0.25, 0.3) is 16.9 Å². The molecule has 0 amide bonds. The van der Waals surface area contributed by atoms with Crippen molar-refractivity contribution in [2.75, 3.05) is 12.4 Å². The Morgan fingerprint density at radius 2 is 1.64 bits per heavy atom. The van der Waals surface area contributed by atoms with E-state index in [1.165, 1.54) is 31.4 Å². The summed E-state index contributed by atoms with van der Waals surface area (Å²) in [5, 5.41) is 3.11. The van der Waals surface area contributed by atoms with Crippen molar-refractivity contribution >= 4 is 17.2 Å². The molecule has 4 nitrogen and oxygen atoms in total. The normalized spacial score (nSPS) is 11.0. The molecule has 2 aromatic heterocycles. The summed E-state index contributed by atoms with van der Waals surface area (Å²) in [6, 6.07) is 13.3. The molecule has 0 saturated carbocycles. The maximum absolute atomic E-state index is 14.7. The smallest absolute Gasteiger partial charge is 0.143 e. The number of hydrogen-bond donors (Lipinski definition) is 1. The van der Waals surface area contributed by atoms with Crippen LogP contribution in [0.5, 0.6) is 5.75 Å². The van der Waals surface area contributed by atoms with Gasteiger partial charge in [-0.2, -0.15) is 0 Å². The van der Waals surface area contributed by atoms with E-state index in [0.29, 0.717) is 17.2 Å². The van der Waals surface area contributed by atoms with E-state index in [4.69, 9.17) is 4.74 Å². The maximum Gasteiger partial charge on any atom is 0.143 e. The van der Waals surface area contributed by atoms with Gasteiger partial charge in [-0.1, -0.05) is 6.07 Å². The van der Waals surface area contributed by atoms with Crippen molar-refractivity contribution in [2.45, 2.75) is 6.92 Å². The van der Waals surface area contributed by atoms with Gasteiger partial charge < -0.3 is 10.1 Å². The number of aryl methyl sites for hydroxylation is 1. The van der Waals surface area contributed by atoms with Crippen molar-refractivity contribution in [3.63, 3.8) is 0 Å². The Balaban J connectivity index is 1.96. The average Bonchev–Trinajstić information content (AvgIpc) is 3.02. The number of benzene rings is 2. The third-order valence-corrected chi connectivity index (χ3v) is 4.43. The van der Waals surface area contributed by atoms with Gasteiger partial charge in [0.1, 0.15) is 40.4 Å². The summed E-state index contributed by atoms with van der Waals surface area (Å²) >= 11 is 0. The van der Waals surface area contributed by atoms with Crippen molar-refractivity contribution < 1.29 is 17.9 Å². The zero-order valence-electron chi connectivity index (χ0n) is 15.1. The summed E-state index contributed by atoms with van der Waals surface area (Å²) in [4.78, 5) is 4.44. The molecule has 2 aromatic carbocycles. The second-order valence-electron chi connectivity index (χ2n) is 6.27. The summed E-state index contributed by atoms with van der Waals surface area (Å²) in [5.41, 5.74) is 1.73. The van der Waals surface area contributed by atoms with E-state index in [1.807, 2.05) is 19.1 Å². The van der Waals surface area contributed by atoms with E-state index in [0.717, 1.165) is 17.8 Å². The van der Waals surface area contributed by atoms with Gasteiger partial charge in [-0.25, -0.2) is 18.2 Å². The first-order valence-corrected chi connectivity index (χ1v) is 8.52. The molecule has 0 radical (unpaired) electrons. The maximum atomic E-state index is 14.7. The fourth-order valence-electron chi connectivity index (χ4n) is 3.11. The van der Waals surface area contributed by atoms with E-state index in [2.05, 4.69) is 10.3 Å². The summed E-state index contributed by atoms with van der Waals surface area (Å²) in [6.07, 6.45) is 0. The van der Waals surface area contributed by atoms with Gasteiger partial charge in [-0.3, -0.25) is 4.40 Å². The first-order chi connectivity index (χ1) is 13.5. The van der Waals surface area contributed by atoms with Crippen molar-refractivity contribution in [1.82, 2.24) is 9.38 Å². The molecule has 0 aliphatic heterocycles. The average molecular weight is 383 g/mol. The lowest BCUT2D eigenvalue weighted by atomic mass is 10.1. The Kier molecular flexibility index (Phi) is 4.43. The van der Waals surface area contributed by atoms with Gasteiger partial charge in [0.2, 0.25) is 0 Å². The lowest BCUT2D eigenvalue weighted by Crippen LogP contribution is -2.01. The number of imidazole rings is 1. The van der Waals surface area contributed by atoms with Crippen molar-refractivity contribution in [3.05, 3.63) is 77.7 Å². The monoisotopic (exact) mass is 383 g/mol. The molecule has 0 spiro atoms. The van der Waals surface area contributed by atoms with E-state index >= 15 is 0 Å². The number of pyridine rings is 1. The summed E-state index contributed by atoms with van der Waals surface area (Å²) in [7, 11) is 1.34. The molecule has 2 heterocycles. The van der Waals surface area contributed by atoms with Gasteiger partial charge in [-0.05, 0) is 43.3 Å². The largest absolute Gasteiger partial charge is 0.497 e. The van der Waals surface area contributed by atoms with Crippen molar-refractivity contribution in [2.24, 2.45) is 0 Å². The number of rotatable bonds is 4. The van der Waals surface area contributed by atoms with Crippen molar-refractivity contribution in [3.8, 4) is 17.0 Å². The molecular formula is C21H16F3N3O. The SMILES string of the molecule is COc1cc(F)c(-c2nc3cccc(C)n3c2Nc2ccc(F)cc2)c(F)c1. The Labute approximate surface area is 159 Å². The third-order valence-electron chi connectivity index (χ3n) is 4.43. The Hall–Kier alpha value is -3.48. The van der Waals surface area contributed by atoms with Crippen LogP contribution >= 0.6 is 0 Å². The van der Waals surface area contributed by atoms with Gasteiger partial charge in [-0.15, -0.1) is 0 Å². The molecule has 0 bridgehead atoms. The summed E-state index contributed by atoms with van der Waals surface area (Å²) in [5.74, 6) is -1.51. The van der Waals surface area contributed by atoms with E-state index in [-0.39, 0.29) is 22.8 Å². The molecule has 7 heteroatoms. The minimum atomic E-state index is -0.792. The minimum absolute atomic E-state index is 0.0757. The van der Waals surface area contributed by atoms with Crippen LogP contribution in [-0.2, 0) is 0 Å². The first-order valence-electron chi connectivity index (χ1n) is 8.52. The molecule has 28 heavy (non-hydrogen) atoms. The van der Waals surface area contributed by atoms with Gasteiger partial charge in [0.15, 0.2) is 0 Å². The molecule has 142 valence electrons. The molecule has 0 aliphatic rings. The number of methoxy groups -OCH3 is 1. The number of hydrogen-bond acceptors (Lipinski definition) is 3. The minimum Gasteiger partial charge on any atom is -0.497 e. The first kappa shape index (κ1) is 17.9. The lowest BCUT2D eigenvalue weighted by molar-refractivity contribution is 0.407. The molecule has 4 aromatic rings. The van der Waals surface area contributed by atoms with Crippen LogP contribution in [0, 0.1) is 24.4 Å². The zero-order valence-corrected chi connectivity index (χ0v) is 15.1. The van der Waals surface area contributed by atoms with Crippen LogP contribution in [0.1, 0.15) is 5.69 Å². The topological polar surface area (TPSA) is 38.6 Å². The standard InChI is InChI=1S/C21H16F3N3O/c1-12-4-3-5-18-26-20(19-16(23)10-15(28-2)11-17(19)24)21(27(12)18)25-14-8-6-13(22)7-9-14/h3-11,25H,1-2H3. The Morgan fingerprint density at radius 3 is 2.29 bits per heavy atom. The highest BCUT2D eigenvalue weighted by Gasteiger charge is 2.23. The highest BCUT2D eigenvalue weighted by Crippen LogP contribution is 2.36. The quantitative estimate of drug-likeness (QED) is 0.507. The number of ether oxygens (including phenoxy) is 1. The predicted molar refractivity (Wildman–Crippen MR) is 102 cm³/mol. The van der Waals surface area contributed by atoms with Gasteiger partial charge >= 0.3 is 0 Å². The molecule has 0 aliphatic carbocycles. The Morgan fingerprint density at radius 1 is 0.964 bits per heavy atom. The number of halogens is 3. The third kappa shape index (κ3) is 3.05. The fourth-order valence-corrected chi connectivity index (χ4v) is 3.11. The second kappa shape index (κ2) is 6.92. The zero-order chi connectivity index (χ0) is 19.8. The van der Waals surface area contributed by atoms with Crippen LogP contribution in [0.15, 0.2) is 54.6 Å². The number of aromatic nitrogens is 2. The fraction of sp³-hybridized carbons (Fsp3) is 0.0952. The summed E-state index contributed by atoms with van der Waals surface area (Å²) < 4.78 is 49.4. The molecule has 0 atom stereocenters. The summed E-state index contributed by atoms with van der Waals surface area (Å²) in [6.45, 7) is 1.86. The number of anilines is 2. The molecule has 0 fully saturated rings. The predicted octanol–water partition coefficient (Wildman–Crippen LogP) is 5.48. The molecule has 1 N–H and O–H groups in total. The van der Waals surface area contributed by atoms with E-state index in [1.54, 1.807) is 10.5 Å².